The topological polar surface area (TPSA) is 46.2 Å². The highest BCUT2D eigenvalue weighted by atomic mass is 35.5. The molecule has 0 bridgehead atoms. The second-order valence-corrected chi connectivity index (χ2v) is 6.98. The number of hydrogen-bond acceptors (Lipinski definition) is 2. The Morgan fingerprint density at radius 3 is 2.39 bits per heavy atom. The van der Waals surface area contributed by atoms with Gasteiger partial charge in [-0.2, -0.15) is 0 Å². The first kappa shape index (κ1) is 17.9. The van der Waals surface area contributed by atoms with Gasteiger partial charge in [-0.25, -0.2) is 8.93 Å². The molecular weight excluding hydrogens is 330 g/mol. The predicted octanol–water partition coefficient (Wildman–Crippen LogP) is 3.93. The van der Waals surface area contributed by atoms with Crippen molar-refractivity contribution in [3.05, 3.63) is 65.2 Å². The van der Waals surface area contributed by atoms with E-state index in [9.17, 15) is 9.00 Å². The number of halogens is 1. The molecule has 23 heavy (non-hydrogen) atoms. The molecule has 0 spiro atoms. The summed E-state index contributed by atoms with van der Waals surface area (Å²) in [5.41, 5.74) is 1.04. The zero-order valence-corrected chi connectivity index (χ0v) is 14.6. The summed E-state index contributed by atoms with van der Waals surface area (Å²) in [5.74, 6) is 0.0821. The fourth-order valence-electron chi connectivity index (χ4n) is 2.25. The van der Waals surface area contributed by atoms with Gasteiger partial charge in [0.1, 0.15) is 11.0 Å². The van der Waals surface area contributed by atoms with E-state index in [0.29, 0.717) is 22.8 Å². The summed E-state index contributed by atoms with van der Waals surface area (Å²) in [6, 6.07) is 16.1. The number of hydrogen-bond donors (Lipinski definition) is 1. The van der Waals surface area contributed by atoms with E-state index in [4.69, 9.17) is 11.6 Å². The van der Waals surface area contributed by atoms with Crippen LogP contribution >= 0.6 is 11.6 Å². The molecule has 2 aromatic carbocycles. The van der Waals surface area contributed by atoms with Crippen LogP contribution in [0, 0.1) is 0 Å². The van der Waals surface area contributed by atoms with E-state index < -0.39 is 17.0 Å². The van der Waals surface area contributed by atoms with Crippen molar-refractivity contribution in [3.63, 3.8) is 0 Å². The van der Waals surface area contributed by atoms with E-state index in [1.807, 2.05) is 37.3 Å². The Balaban J connectivity index is 2.11. The van der Waals surface area contributed by atoms with Crippen molar-refractivity contribution in [2.24, 2.45) is 0 Å². The molecule has 5 heteroatoms. The van der Waals surface area contributed by atoms with Crippen LogP contribution in [0.3, 0.4) is 0 Å². The first-order chi connectivity index (χ1) is 11.1. The van der Waals surface area contributed by atoms with Crippen molar-refractivity contribution in [1.29, 1.82) is 0 Å². The molecule has 2 aromatic rings. The molecule has 0 fully saturated rings. The molecule has 0 aliphatic rings. The van der Waals surface area contributed by atoms with Crippen LogP contribution < -0.4 is 4.72 Å². The molecular formula is C18H20ClNO2S. The summed E-state index contributed by atoms with van der Waals surface area (Å²) in [6.45, 7) is 1.97. The highest BCUT2D eigenvalue weighted by Crippen LogP contribution is 2.13. The molecule has 0 amide bonds. The number of Topliss-reactive ketones (excluding diaryl/α,β-unsaturated/α-hetero) is 1. The number of nitrogens with one attached hydrogen (secondary N) is 1. The molecule has 0 radical (unpaired) electrons. The molecule has 3 nitrogen and oxygen atoms in total. The quantitative estimate of drug-likeness (QED) is 0.784. The number of ketones is 1. The van der Waals surface area contributed by atoms with Crippen molar-refractivity contribution in [2.75, 3.05) is 0 Å². The maximum Gasteiger partial charge on any atom is 0.151 e. The van der Waals surface area contributed by atoms with Gasteiger partial charge in [-0.3, -0.25) is 4.79 Å². The highest BCUT2D eigenvalue weighted by molar-refractivity contribution is 7.83. The van der Waals surface area contributed by atoms with Crippen LogP contribution in [-0.2, 0) is 22.2 Å². The Bertz CT molecular complexity index is 658. The molecule has 2 unspecified atom stereocenters. The number of benzene rings is 2. The largest absolute Gasteiger partial charge is 0.298 e. The SMILES string of the molecule is CCCC(=O)C(Cc1ccccc1)NS(=O)c1ccc(Cl)cc1. The van der Waals surface area contributed by atoms with Crippen molar-refractivity contribution in [2.45, 2.75) is 37.1 Å². The molecule has 0 saturated carbocycles. The van der Waals surface area contributed by atoms with Gasteiger partial charge < -0.3 is 0 Å². The minimum absolute atomic E-state index is 0.0821. The molecule has 0 aliphatic carbocycles. The van der Waals surface area contributed by atoms with Crippen LogP contribution in [-0.4, -0.2) is 16.0 Å². The standard InChI is InChI=1S/C18H20ClNO2S/c1-2-6-18(21)17(13-14-7-4-3-5-8-14)20-23(22)16-11-9-15(19)10-12-16/h3-5,7-12,17,20H,2,6,13H2,1H3. The molecule has 1 N–H and O–H groups in total. The van der Waals surface area contributed by atoms with E-state index in [-0.39, 0.29) is 5.78 Å². The van der Waals surface area contributed by atoms with Gasteiger partial charge in [0.05, 0.1) is 10.9 Å². The summed E-state index contributed by atoms with van der Waals surface area (Å²) in [6.07, 6.45) is 1.78. The van der Waals surface area contributed by atoms with Crippen molar-refractivity contribution in [3.8, 4) is 0 Å². The fourth-order valence-corrected chi connectivity index (χ4v) is 3.37. The maximum absolute atomic E-state index is 12.5. The average molecular weight is 350 g/mol. The Labute approximate surface area is 144 Å². The summed E-state index contributed by atoms with van der Waals surface area (Å²) >= 11 is 5.85. The van der Waals surface area contributed by atoms with Gasteiger partial charge >= 0.3 is 0 Å². The van der Waals surface area contributed by atoms with E-state index in [0.717, 1.165) is 12.0 Å². The van der Waals surface area contributed by atoms with Crippen LogP contribution in [0.25, 0.3) is 0 Å². The smallest absolute Gasteiger partial charge is 0.151 e. The monoisotopic (exact) mass is 349 g/mol. The van der Waals surface area contributed by atoms with Crippen molar-refractivity contribution < 1.29 is 9.00 Å². The summed E-state index contributed by atoms with van der Waals surface area (Å²) in [5, 5.41) is 0.591. The minimum atomic E-state index is -1.45. The van der Waals surface area contributed by atoms with Gasteiger partial charge in [-0.15, -0.1) is 0 Å². The molecule has 0 aromatic heterocycles. The van der Waals surface area contributed by atoms with E-state index in [1.165, 1.54) is 0 Å². The fraction of sp³-hybridized carbons (Fsp3) is 0.278. The van der Waals surface area contributed by atoms with Crippen LogP contribution in [0.15, 0.2) is 59.5 Å². The number of carbonyl (C=O) groups excluding carboxylic acids is 1. The molecule has 2 atom stereocenters. The summed E-state index contributed by atoms with van der Waals surface area (Å²) in [7, 11) is -1.45. The molecule has 0 aliphatic heterocycles. The summed E-state index contributed by atoms with van der Waals surface area (Å²) < 4.78 is 15.4. The van der Waals surface area contributed by atoms with E-state index in [2.05, 4.69) is 4.72 Å². The molecule has 0 heterocycles. The highest BCUT2D eigenvalue weighted by Gasteiger charge is 2.20. The third-order valence-corrected chi connectivity index (χ3v) is 4.90. The van der Waals surface area contributed by atoms with Gasteiger partial charge in [0.25, 0.3) is 0 Å². The average Bonchev–Trinajstić information content (AvgIpc) is 2.56. The van der Waals surface area contributed by atoms with Gasteiger partial charge in [-0.05, 0) is 42.7 Å². The zero-order chi connectivity index (χ0) is 16.7. The van der Waals surface area contributed by atoms with Crippen LogP contribution in [0.1, 0.15) is 25.3 Å². The van der Waals surface area contributed by atoms with Gasteiger partial charge in [0.2, 0.25) is 0 Å². The Morgan fingerprint density at radius 2 is 1.78 bits per heavy atom. The maximum atomic E-state index is 12.5. The van der Waals surface area contributed by atoms with Gasteiger partial charge in [0, 0.05) is 11.4 Å². The zero-order valence-electron chi connectivity index (χ0n) is 13.0. The molecule has 122 valence electrons. The lowest BCUT2D eigenvalue weighted by molar-refractivity contribution is -0.120. The first-order valence-corrected chi connectivity index (χ1v) is 9.13. The second kappa shape index (κ2) is 8.96. The second-order valence-electron chi connectivity index (χ2n) is 5.30. The molecule has 2 rings (SSSR count). The third kappa shape index (κ3) is 5.57. The Morgan fingerprint density at radius 1 is 1.13 bits per heavy atom. The van der Waals surface area contributed by atoms with Gasteiger partial charge in [0.15, 0.2) is 5.78 Å². The number of carbonyl (C=O) groups is 1. The normalized spacial score (nSPS) is 13.5. The number of rotatable bonds is 8. The Hall–Kier alpha value is -1.49. The van der Waals surface area contributed by atoms with Crippen molar-refractivity contribution >= 4 is 28.4 Å². The van der Waals surface area contributed by atoms with Crippen LogP contribution in [0.4, 0.5) is 0 Å². The lowest BCUT2D eigenvalue weighted by Gasteiger charge is -2.17. The lowest BCUT2D eigenvalue weighted by atomic mass is 10.0. The molecule has 0 saturated heterocycles. The summed E-state index contributed by atoms with van der Waals surface area (Å²) in [4.78, 5) is 13.0. The third-order valence-electron chi connectivity index (χ3n) is 3.44. The van der Waals surface area contributed by atoms with E-state index in [1.54, 1.807) is 24.3 Å². The predicted molar refractivity (Wildman–Crippen MR) is 94.8 cm³/mol. The Kier molecular flexibility index (Phi) is 6.96. The lowest BCUT2D eigenvalue weighted by Crippen LogP contribution is -2.39. The van der Waals surface area contributed by atoms with Crippen LogP contribution in [0.5, 0.6) is 0 Å². The van der Waals surface area contributed by atoms with E-state index >= 15 is 0 Å². The van der Waals surface area contributed by atoms with Gasteiger partial charge in [-0.1, -0.05) is 48.9 Å². The van der Waals surface area contributed by atoms with Crippen molar-refractivity contribution in [1.82, 2.24) is 4.72 Å². The van der Waals surface area contributed by atoms with Crippen LogP contribution in [0.2, 0.25) is 5.02 Å². The minimum Gasteiger partial charge on any atom is -0.298 e. The first-order valence-electron chi connectivity index (χ1n) is 7.60.